The van der Waals surface area contributed by atoms with Crippen molar-refractivity contribution in [1.82, 2.24) is 3.63 Å². The van der Waals surface area contributed by atoms with Crippen LogP contribution in [0.4, 0.5) is 0 Å². The first-order valence-electron chi connectivity index (χ1n) is 9.82. The van der Waals surface area contributed by atoms with Gasteiger partial charge in [-0.1, -0.05) is 0 Å². The summed E-state index contributed by atoms with van der Waals surface area (Å²) in [6.45, 7) is 32.6. The van der Waals surface area contributed by atoms with Crippen LogP contribution in [-0.4, -0.2) is 45.1 Å². The molecule has 1 rings (SSSR count). The van der Waals surface area contributed by atoms with E-state index in [1.54, 1.807) is 0 Å². The van der Waals surface area contributed by atoms with Gasteiger partial charge in [0.25, 0.3) is 0 Å². The molecule has 1 aliphatic heterocycles. The number of hydrogen-bond acceptors (Lipinski definition) is 3. The average Bonchev–Trinajstić information content (AvgIpc) is 2.55. The van der Waals surface area contributed by atoms with E-state index in [0.29, 0.717) is 0 Å². The van der Waals surface area contributed by atoms with Crippen LogP contribution in [0.1, 0.15) is 41.5 Å². The van der Waals surface area contributed by atoms with Crippen molar-refractivity contribution in [2.45, 2.75) is 113 Å². The molecule has 0 aromatic rings. The molecule has 0 saturated carbocycles. The molecule has 0 aromatic heterocycles. The fraction of sp³-hybridized carbons (Fsp3) is 1.00. The quantitative estimate of drug-likeness (QED) is 0.414. The molecule has 1 aliphatic rings. The second kappa shape index (κ2) is 6.04. The van der Waals surface area contributed by atoms with Gasteiger partial charge < -0.3 is 0 Å². The van der Waals surface area contributed by atoms with E-state index in [1.165, 1.54) is 0 Å². The summed E-state index contributed by atoms with van der Waals surface area (Å²) in [6, 6.07) is 0. The third-order valence-electron chi connectivity index (χ3n) is 7.21. The zero-order chi connectivity index (χ0) is 20.5. The Morgan fingerprint density at radius 2 is 1.04 bits per heavy atom. The van der Waals surface area contributed by atoms with E-state index in [9.17, 15) is 0 Å². The predicted molar refractivity (Wildman–Crippen MR) is 125 cm³/mol. The molecule has 0 unspecified atom stereocenters. The molecule has 25 heavy (non-hydrogen) atoms. The molecule has 0 N–H and O–H groups in total. The third kappa shape index (κ3) is 3.10. The molecule has 0 radical (unpaired) electrons. The van der Waals surface area contributed by atoms with Crippen LogP contribution in [0.5, 0.6) is 0 Å². The second-order valence-electron chi connectivity index (χ2n) is 12.8. The summed E-state index contributed by atoms with van der Waals surface area (Å²) in [5, 5.41) is 11.0. The van der Waals surface area contributed by atoms with E-state index < -0.39 is 37.9 Å². The van der Waals surface area contributed by atoms with Gasteiger partial charge in [0.1, 0.15) is 0 Å². The van der Waals surface area contributed by atoms with E-state index in [2.05, 4.69) is 103 Å². The SMILES string of the molecule is CC(C)(C)[Si](C)([N]1N=N[C]([Si](C)(C)C)([Si](C)(C)C)[Ge]1([CH3])[CH3])C(C)(C)C. The Kier molecular flexibility index (Phi) is 5.71. The first kappa shape index (κ1) is 23.6. The van der Waals surface area contributed by atoms with Crippen molar-refractivity contribution in [3.63, 3.8) is 0 Å². The van der Waals surface area contributed by atoms with Gasteiger partial charge in [-0.2, -0.15) is 0 Å². The minimum absolute atomic E-state index is 0.213. The summed E-state index contributed by atoms with van der Waals surface area (Å²) in [6.07, 6.45) is 0. The minimum atomic E-state index is -2.54. The molecule has 148 valence electrons. The molecule has 1 heterocycles. The fourth-order valence-electron chi connectivity index (χ4n) is 6.17. The van der Waals surface area contributed by atoms with Crippen LogP contribution in [0.25, 0.3) is 0 Å². The van der Waals surface area contributed by atoms with Crippen molar-refractivity contribution < 1.29 is 0 Å². The monoisotopic (exact) mass is 461 g/mol. The first-order valence-corrected chi connectivity index (χ1v) is 25.5. The van der Waals surface area contributed by atoms with Gasteiger partial charge in [-0.25, -0.2) is 0 Å². The van der Waals surface area contributed by atoms with Gasteiger partial charge in [0.15, 0.2) is 0 Å². The Labute approximate surface area is 164 Å². The molecule has 0 fully saturated rings. The van der Waals surface area contributed by atoms with E-state index in [4.69, 9.17) is 10.3 Å². The summed E-state index contributed by atoms with van der Waals surface area (Å²) in [7, 11) is -4.94. The van der Waals surface area contributed by atoms with Crippen LogP contribution in [0, 0.1) is 0 Å². The van der Waals surface area contributed by atoms with Crippen molar-refractivity contribution in [2.24, 2.45) is 10.3 Å². The van der Waals surface area contributed by atoms with Gasteiger partial charge in [-0.15, -0.1) is 0 Å². The normalized spacial score (nSPS) is 21.8. The van der Waals surface area contributed by atoms with Crippen LogP contribution in [0.15, 0.2) is 10.3 Å². The second-order valence-corrected chi connectivity index (χ2v) is 41.3. The zero-order valence-electron chi connectivity index (χ0n) is 19.8. The van der Waals surface area contributed by atoms with Crippen LogP contribution in [0.3, 0.4) is 0 Å². The maximum atomic E-state index is 5.33. The molecule has 0 aliphatic carbocycles. The van der Waals surface area contributed by atoms with Crippen molar-refractivity contribution in [3.05, 3.63) is 0 Å². The van der Waals surface area contributed by atoms with Gasteiger partial charge in [0, 0.05) is 0 Å². The van der Waals surface area contributed by atoms with Crippen molar-refractivity contribution in [3.8, 4) is 0 Å². The van der Waals surface area contributed by atoms with Crippen LogP contribution < -0.4 is 0 Å². The van der Waals surface area contributed by atoms with Gasteiger partial charge in [-0.05, 0) is 0 Å². The maximum absolute atomic E-state index is 5.33. The Morgan fingerprint density at radius 3 is 1.24 bits per heavy atom. The number of nitrogens with zero attached hydrogens (tertiary/aromatic N) is 3. The Balaban J connectivity index is 3.78. The molecule has 0 atom stereocenters. The van der Waals surface area contributed by atoms with Gasteiger partial charge in [-0.3, -0.25) is 0 Å². The number of rotatable bonds is 3. The summed E-state index contributed by atoms with van der Waals surface area (Å²) in [5.74, 6) is 5.28. The van der Waals surface area contributed by atoms with Gasteiger partial charge in [0.05, 0.1) is 0 Å². The average molecular weight is 460 g/mol. The van der Waals surface area contributed by atoms with Gasteiger partial charge in [0.2, 0.25) is 0 Å². The summed E-state index contributed by atoms with van der Waals surface area (Å²) in [4.78, 5) is 0. The number of hydrogen-bond donors (Lipinski definition) is 0. The van der Waals surface area contributed by atoms with E-state index in [0.717, 1.165) is 0 Å². The Hall–Kier alpha value is 0.594. The molecule has 7 heteroatoms. The van der Waals surface area contributed by atoms with Gasteiger partial charge >= 0.3 is 164 Å². The molecular weight excluding hydrogens is 415 g/mol. The molecule has 0 saturated heterocycles. The molecule has 0 spiro atoms. The van der Waals surface area contributed by atoms with E-state index >= 15 is 0 Å². The molecule has 3 nitrogen and oxygen atoms in total. The van der Waals surface area contributed by atoms with Crippen LogP contribution >= 0.6 is 0 Å². The predicted octanol–water partition coefficient (Wildman–Crippen LogP) is 7.08. The fourth-order valence-corrected chi connectivity index (χ4v) is 63.7. The Bertz CT molecular complexity index is 518. The molecule has 0 amide bonds. The first-order chi connectivity index (χ1) is 10.6. The topological polar surface area (TPSA) is 28.0 Å². The Morgan fingerprint density at radius 1 is 0.720 bits per heavy atom. The molecule has 0 aromatic carbocycles. The van der Waals surface area contributed by atoms with Crippen molar-refractivity contribution in [1.29, 1.82) is 0 Å². The van der Waals surface area contributed by atoms with Crippen LogP contribution in [-0.2, 0) is 0 Å². The third-order valence-corrected chi connectivity index (χ3v) is 50.9. The van der Waals surface area contributed by atoms with E-state index in [-0.39, 0.29) is 13.7 Å². The standard InChI is InChI=1S/C18H45GeN3Si3/c1-16(2,3)25(15,17(4,5)6)22-19(7,8)18(20-21-22,23(9,10)11)24(12,13)14/h1-15H3. The summed E-state index contributed by atoms with van der Waals surface area (Å²) >= 11 is -2.54. The molecule has 0 bridgehead atoms. The molecular formula is C18H45GeN3Si3. The van der Waals surface area contributed by atoms with Crippen LogP contribution in [0.2, 0.25) is 67.4 Å². The van der Waals surface area contributed by atoms with E-state index in [1.807, 2.05) is 0 Å². The zero-order valence-corrected chi connectivity index (χ0v) is 24.9. The van der Waals surface area contributed by atoms with Crippen molar-refractivity contribution in [2.75, 3.05) is 0 Å². The summed E-state index contributed by atoms with van der Waals surface area (Å²) in [5.41, 5.74) is 0. The summed E-state index contributed by atoms with van der Waals surface area (Å²) < 4.78 is 2.97. The van der Waals surface area contributed by atoms with Crippen molar-refractivity contribution >= 4 is 37.9 Å².